The van der Waals surface area contributed by atoms with Crippen LogP contribution in [0.15, 0.2) is 42.5 Å². The van der Waals surface area contributed by atoms with Gasteiger partial charge >= 0.3 is 0 Å². The molecule has 28 heavy (non-hydrogen) atoms. The maximum absolute atomic E-state index is 12.6. The van der Waals surface area contributed by atoms with Crippen molar-refractivity contribution in [2.24, 2.45) is 0 Å². The van der Waals surface area contributed by atoms with E-state index >= 15 is 0 Å². The molecule has 0 saturated heterocycles. The molecule has 0 spiro atoms. The van der Waals surface area contributed by atoms with Crippen LogP contribution in [0.1, 0.15) is 44.4 Å². The predicted octanol–water partition coefficient (Wildman–Crippen LogP) is 5.07. The standard InChI is InChI=1S/C23H30N2O2S/c1-5-17-11-13-20(14-12-17)24-21(26)15-28-16(4)23(27)25-22-18(6-2)9-8-10-19(22)7-3/h8-14,16H,5-7,15H2,1-4H3,(H,24,26)(H,25,27). The smallest absolute Gasteiger partial charge is 0.237 e. The summed E-state index contributed by atoms with van der Waals surface area (Å²) < 4.78 is 0. The van der Waals surface area contributed by atoms with Gasteiger partial charge in [0.2, 0.25) is 11.8 Å². The first-order chi connectivity index (χ1) is 13.5. The van der Waals surface area contributed by atoms with Crippen molar-refractivity contribution in [1.82, 2.24) is 0 Å². The predicted molar refractivity (Wildman–Crippen MR) is 120 cm³/mol. The fraction of sp³-hybridized carbons (Fsp3) is 0.391. The monoisotopic (exact) mass is 398 g/mol. The highest BCUT2D eigenvalue weighted by Crippen LogP contribution is 2.24. The molecule has 2 aromatic carbocycles. The fourth-order valence-electron chi connectivity index (χ4n) is 2.93. The molecule has 1 atom stereocenters. The van der Waals surface area contributed by atoms with Crippen LogP contribution in [0, 0.1) is 0 Å². The van der Waals surface area contributed by atoms with Crippen molar-refractivity contribution in [1.29, 1.82) is 0 Å². The number of rotatable bonds is 9. The van der Waals surface area contributed by atoms with Crippen molar-refractivity contribution in [3.8, 4) is 0 Å². The van der Waals surface area contributed by atoms with Crippen molar-refractivity contribution in [2.75, 3.05) is 16.4 Å². The van der Waals surface area contributed by atoms with Gasteiger partial charge < -0.3 is 10.6 Å². The number of para-hydroxylation sites is 1. The molecule has 4 nitrogen and oxygen atoms in total. The van der Waals surface area contributed by atoms with E-state index in [1.807, 2.05) is 49.4 Å². The van der Waals surface area contributed by atoms with Crippen LogP contribution in [-0.2, 0) is 28.9 Å². The van der Waals surface area contributed by atoms with Crippen LogP contribution in [0.25, 0.3) is 0 Å². The van der Waals surface area contributed by atoms with Crippen molar-refractivity contribution < 1.29 is 9.59 Å². The third kappa shape index (κ3) is 6.13. The van der Waals surface area contributed by atoms with Crippen molar-refractivity contribution in [2.45, 2.75) is 52.2 Å². The molecule has 0 radical (unpaired) electrons. The first kappa shape index (κ1) is 22.0. The summed E-state index contributed by atoms with van der Waals surface area (Å²) >= 11 is 1.34. The first-order valence-electron chi connectivity index (χ1n) is 9.90. The van der Waals surface area contributed by atoms with E-state index in [4.69, 9.17) is 0 Å². The molecule has 150 valence electrons. The van der Waals surface area contributed by atoms with Gasteiger partial charge in [0.1, 0.15) is 0 Å². The lowest BCUT2D eigenvalue weighted by atomic mass is 10.0. The van der Waals surface area contributed by atoms with Gasteiger partial charge in [-0.1, -0.05) is 51.1 Å². The van der Waals surface area contributed by atoms with E-state index < -0.39 is 0 Å². The number of aryl methyl sites for hydroxylation is 3. The Morgan fingerprint density at radius 2 is 1.50 bits per heavy atom. The van der Waals surface area contributed by atoms with Crippen LogP contribution >= 0.6 is 11.8 Å². The normalized spacial score (nSPS) is 11.7. The molecule has 5 heteroatoms. The number of hydrogen-bond acceptors (Lipinski definition) is 3. The molecule has 2 aromatic rings. The largest absolute Gasteiger partial charge is 0.325 e. The Morgan fingerprint density at radius 3 is 2.04 bits per heavy atom. The number of benzene rings is 2. The Morgan fingerprint density at radius 1 is 0.893 bits per heavy atom. The molecule has 0 aromatic heterocycles. The number of hydrogen-bond donors (Lipinski definition) is 2. The maximum Gasteiger partial charge on any atom is 0.237 e. The molecule has 0 saturated carbocycles. The third-order valence-corrected chi connectivity index (χ3v) is 5.87. The number of carbonyl (C=O) groups excluding carboxylic acids is 2. The van der Waals surface area contributed by atoms with Gasteiger partial charge in [0, 0.05) is 11.4 Å². The van der Waals surface area contributed by atoms with Gasteiger partial charge in [-0.25, -0.2) is 0 Å². The average molecular weight is 399 g/mol. The van der Waals surface area contributed by atoms with E-state index in [2.05, 4.69) is 31.4 Å². The molecule has 2 rings (SSSR count). The molecule has 2 N–H and O–H groups in total. The fourth-order valence-corrected chi connectivity index (χ4v) is 3.61. The van der Waals surface area contributed by atoms with E-state index in [0.29, 0.717) is 0 Å². The summed E-state index contributed by atoms with van der Waals surface area (Å²) in [6, 6.07) is 14.0. The van der Waals surface area contributed by atoms with Gasteiger partial charge in [0.15, 0.2) is 0 Å². The Balaban J connectivity index is 1.89. The molecular formula is C23H30N2O2S. The van der Waals surface area contributed by atoms with Gasteiger partial charge in [-0.2, -0.15) is 0 Å². The molecule has 1 unspecified atom stereocenters. The second-order valence-corrected chi connectivity index (χ2v) is 8.03. The highest BCUT2D eigenvalue weighted by Gasteiger charge is 2.18. The summed E-state index contributed by atoms with van der Waals surface area (Å²) in [6.45, 7) is 8.10. The summed E-state index contributed by atoms with van der Waals surface area (Å²) in [7, 11) is 0. The van der Waals surface area contributed by atoms with Gasteiger partial charge in [-0.15, -0.1) is 11.8 Å². The number of amides is 2. The molecule has 0 aliphatic heterocycles. The summed E-state index contributed by atoms with van der Waals surface area (Å²) in [5, 5.41) is 5.64. The Bertz CT molecular complexity index is 780. The maximum atomic E-state index is 12.6. The Labute approximate surface area is 172 Å². The van der Waals surface area contributed by atoms with Crippen LogP contribution in [0.4, 0.5) is 11.4 Å². The number of carbonyl (C=O) groups is 2. The lowest BCUT2D eigenvalue weighted by molar-refractivity contribution is -0.115. The average Bonchev–Trinajstić information content (AvgIpc) is 2.72. The van der Waals surface area contributed by atoms with Gasteiger partial charge in [0.25, 0.3) is 0 Å². The van der Waals surface area contributed by atoms with Crippen LogP contribution in [0.5, 0.6) is 0 Å². The van der Waals surface area contributed by atoms with Gasteiger partial charge in [0.05, 0.1) is 11.0 Å². The number of anilines is 2. The van der Waals surface area contributed by atoms with E-state index in [1.54, 1.807) is 0 Å². The minimum atomic E-state index is -0.317. The number of nitrogens with one attached hydrogen (secondary N) is 2. The van der Waals surface area contributed by atoms with Crippen LogP contribution in [-0.4, -0.2) is 22.8 Å². The molecule has 0 heterocycles. The summed E-state index contributed by atoms with van der Waals surface area (Å²) in [6.07, 6.45) is 2.70. The zero-order valence-corrected chi connectivity index (χ0v) is 18.0. The molecule has 0 aliphatic carbocycles. The zero-order valence-electron chi connectivity index (χ0n) is 17.2. The summed E-state index contributed by atoms with van der Waals surface area (Å²) in [5.41, 5.74) is 5.21. The van der Waals surface area contributed by atoms with Gasteiger partial charge in [-0.3, -0.25) is 9.59 Å². The highest BCUT2D eigenvalue weighted by molar-refractivity contribution is 8.01. The molecule has 0 fully saturated rings. The van der Waals surface area contributed by atoms with Gasteiger partial charge in [-0.05, 0) is 55.0 Å². The first-order valence-corrected chi connectivity index (χ1v) is 10.9. The third-order valence-electron chi connectivity index (χ3n) is 4.73. The SMILES string of the molecule is CCc1ccc(NC(=O)CSC(C)C(=O)Nc2c(CC)cccc2CC)cc1. The lowest BCUT2D eigenvalue weighted by Gasteiger charge is -2.17. The highest BCUT2D eigenvalue weighted by atomic mass is 32.2. The van der Waals surface area contributed by atoms with Crippen molar-refractivity contribution >= 4 is 35.0 Å². The molecule has 0 bridgehead atoms. The number of thioether (sulfide) groups is 1. The van der Waals surface area contributed by atoms with Crippen LogP contribution in [0.3, 0.4) is 0 Å². The minimum absolute atomic E-state index is 0.0688. The molecule has 0 aliphatic rings. The Hall–Kier alpha value is -2.27. The lowest BCUT2D eigenvalue weighted by Crippen LogP contribution is -2.26. The van der Waals surface area contributed by atoms with E-state index in [-0.39, 0.29) is 22.8 Å². The van der Waals surface area contributed by atoms with Crippen LogP contribution in [0.2, 0.25) is 0 Å². The van der Waals surface area contributed by atoms with Crippen molar-refractivity contribution in [3.05, 3.63) is 59.2 Å². The second kappa shape index (κ2) is 10.9. The minimum Gasteiger partial charge on any atom is -0.325 e. The zero-order chi connectivity index (χ0) is 20.5. The van der Waals surface area contributed by atoms with Crippen LogP contribution < -0.4 is 10.6 Å². The van der Waals surface area contributed by atoms with E-state index in [9.17, 15) is 9.59 Å². The van der Waals surface area contributed by atoms with E-state index in [0.717, 1.165) is 41.8 Å². The van der Waals surface area contributed by atoms with E-state index in [1.165, 1.54) is 17.3 Å². The van der Waals surface area contributed by atoms with Crippen molar-refractivity contribution in [3.63, 3.8) is 0 Å². The molecular weight excluding hydrogens is 368 g/mol. The Kier molecular flexibility index (Phi) is 8.58. The topological polar surface area (TPSA) is 58.2 Å². The summed E-state index contributed by atoms with van der Waals surface area (Å²) in [4.78, 5) is 24.8. The quantitative estimate of drug-likeness (QED) is 0.620. The second-order valence-electron chi connectivity index (χ2n) is 6.70. The molecule has 2 amide bonds. The summed E-state index contributed by atoms with van der Waals surface area (Å²) in [5.74, 6) is 0.0676.